The Balaban J connectivity index is 1.41. The van der Waals surface area contributed by atoms with Crippen LogP contribution in [0.5, 0.6) is 0 Å². The lowest BCUT2D eigenvalue weighted by atomic mass is 9.90. The molecule has 6 heterocycles. The Kier molecular flexibility index (Phi) is 4.60. The minimum absolute atomic E-state index is 0.00197. The largest absolute Gasteiger partial charge is 0.350 e. The maximum Gasteiger partial charge on any atom is 0.330 e. The molecule has 2 aromatic heterocycles. The Labute approximate surface area is 181 Å². The van der Waals surface area contributed by atoms with Gasteiger partial charge >= 0.3 is 5.69 Å². The number of hydrogen-bond acceptors (Lipinski definition) is 6. The normalized spacial score (nSPS) is 25.5. The molecule has 1 N–H and O–H groups in total. The van der Waals surface area contributed by atoms with Crippen molar-refractivity contribution in [2.75, 3.05) is 18.0 Å². The van der Waals surface area contributed by atoms with Gasteiger partial charge in [-0.3, -0.25) is 19.4 Å². The van der Waals surface area contributed by atoms with E-state index in [1.807, 2.05) is 21.6 Å². The van der Waals surface area contributed by atoms with Crippen LogP contribution in [0.1, 0.15) is 40.0 Å². The number of fused-ring (bicyclic) bond motifs is 4. The van der Waals surface area contributed by atoms with Crippen molar-refractivity contribution in [1.82, 2.24) is 24.4 Å². The first-order chi connectivity index (χ1) is 14.7. The maximum absolute atomic E-state index is 12.9. The van der Waals surface area contributed by atoms with Crippen LogP contribution in [0.4, 0.5) is 5.82 Å². The molecule has 2 aromatic rings. The number of piperidine rings is 2. The van der Waals surface area contributed by atoms with Crippen LogP contribution >= 0.6 is 0 Å². The quantitative estimate of drug-likeness (QED) is 0.801. The van der Waals surface area contributed by atoms with Gasteiger partial charge in [-0.25, -0.2) is 9.78 Å². The first-order valence-electron chi connectivity index (χ1n) is 11.1. The number of nitrogens with one attached hydrogen (secondary N) is 1. The van der Waals surface area contributed by atoms with E-state index in [-0.39, 0.29) is 35.1 Å². The lowest BCUT2D eigenvalue weighted by Crippen LogP contribution is -2.66. The third-order valence-electron chi connectivity index (χ3n) is 6.67. The van der Waals surface area contributed by atoms with E-state index < -0.39 is 0 Å². The predicted octanol–water partition coefficient (Wildman–Crippen LogP) is 1.31. The molecular weight excluding hydrogens is 394 g/mol. The number of carbonyl (C=O) groups excluding carboxylic acids is 1. The van der Waals surface area contributed by atoms with E-state index in [1.165, 1.54) is 0 Å². The SMILES string of the molecule is Cn1c(=O)n(CC(C)(C)C)c2ccc(N3CC4CCC3CN4C(=O)C3CC=NN3)nc21. The monoisotopic (exact) mass is 425 g/mol. The minimum atomic E-state index is -0.223. The lowest BCUT2D eigenvalue weighted by Gasteiger charge is -2.52. The molecule has 2 bridgehead atoms. The van der Waals surface area contributed by atoms with Gasteiger partial charge in [0.25, 0.3) is 0 Å². The number of nitrogens with zero attached hydrogens (tertiary/aromatic N) is 6. The van der Waals surface area contributed by atoms with Crippen LogP contribution in [0, 0.1) is 5.41 Å². The molecule has 9 heteroatoms. The number of hydrogen-bond donors (Lipinski definition) is 1. The number of aryl methyl sites for hydroxylation is 1. The predicted molar refractivity (Wildman–Crippen MR) is 120 cm³/mol. The first-order valence-corrected chi connectivity index (χ1v) is 11.1. The Bertz CT molecular complexity index is 1100. The molecule has 3 fully saturated rings. The van der Waals surface area contributed by atoms with Crippen LogP contribution in [0.15, 0.2) is 22.0 Å². The average Bonchev–Trinajstić information content (AvgIpc) is 3.36. The summed E-state index contributed by atoms with van der Waals surface area (Å²) >= 11 is 0. The molecule has 0 aromatic carbocycles. The molecule has 9 nitrogen and oxygen atoms in total. The average molecular weight is 426 g/mol. The Morgan fingerprint density at radius 2 is 1.97 bits per heavy atom. The number of pyridine rings is 1. The van der Waals surface area contributed by atoms with Crippen LogP contribution in [-0.4, -0.2) is 62.4 Å². The van der Waals surface area contributed by atoms with E-state index in [0.29, 0.717) is 25.2 Å². The molecule has 6 rings (SSSR count). The molecule has 0 spiro atoms. The molecule has 3 saturated heterocycles. The van der Waals surface area contributed by atoms with Gasteiger partial charge in [-0.1, -0.05) is 20.8 Å². The van der Waals surface area contributed by atoms with Crippen molar-refractivity contribution >= 4 is 29.1 Å². The van der Waals surface area contributed by atoms with Crippen molar-refractivity contribution in [2.45, 2.75) is 64.7 Å². The second-order valence-corrected chi connectivity index (χ2v) is 10.3. The van der Waals surface area contributed by atoms with Crippen LogP contribution in [0.2, 0.25) is 0 Å². The first kappa shape index (κ1) is 20.1. The van der Waals surface area contributed by atoms with Gasteiger partial charge in [0.1, 0.15) is 11.9 Å². The highest BCUT2D eigenvalue weighted by molar-refractivity contribution is 5.86. The second-order valence-electron chi connectivity index (χ2n) is 10.3. The summed E-state index contributed by atoms with van der Waals surface area (Å²) < 4.78 is 3.47. The Morgan fingerprint density at radius 3 is 2.61 bits per heavy atom. The molecule has 3 unspecified atom stereocenters. The van der Waals surface area contributed by atoms with Gasteiger partial charge < -0.3 is 9.80 Å². The number of rotatable bonds is 3. The van der Waals surface area contributed by atoms with Crippen LogP contribution in [0.3, 0.4) is 0 Å². The van der Waals surface area contributed by atoms with Gasteiger partial charge in [0, 0.05) is 51.4 Å². The van der Waals surface area contributed by atoms with Crippen molar-refractivity contribution in [3.05, 3.63) is 22.6 Å². The summed E-state index contributed by atoms with van der Waals surface area (Å²) in [5.74, 6) is 1.04. The standard InChI is InChI=1S/C22H31N7O2/c1-22(2,3)13-29-17-7-8-18(24-19(17)26(4)21(29)31)27-11-15-6-5-14(27)12-28(15)20(30)16-9-10-23-25-16/h7-8,10,14-16,25H,5-6,9,11-13H2,1-4H3. The summed E-state index contributed by atoms with van der Waals surface area (Å²) in [6, 6.07) is 4.26. The minimum Gasteiger partial charge on any atom is -0.350 e. The topological polar surface area (TPSA) is 87.8 Å². The van der Waals surface area contributed by atoms with Gasteiger partial charge in [-0.05, 0) is 30.4 Å². The number of aromatic nitrogens is 3. The summed E-state index contributed by atoms with van der Waals surface area (Å²) in [7, 11) is 1.79. The van der Waals surface area contributed by atoms with Crippen LogP contribution < -0.4 is 16.0 Å². The summed E-state index contributed by atoms with van der Waals surface area (Å²) in [5, 5.41) is 4.00. The molecule has 1 amide bonds. The smallest absolute Gasteiger partial charge is 0.330 e. The fourth-order valence-electron chi connectivity index (χ4n) is 5.14. The van der Waals surface area contributed by atoms with E-state index in [0.717, 1.165) is 30.7 Å². The van der Waals surface area contributed by atoms with E-state index in [2.05, 4.69) is 36.2 Å². The van der Waals surface area contributed by atoms with Gasteiger partial charge in [-0.2, -0.15) is 5.10 Å². The van der Waals surface area contributed by atoms with Crippen molar-refractivity contribution in [2.24, 2.45) is 17.6 Å². The number of anilines is 1. The van der Waals surface area contributed by atoms with Gasteiger partial charge in [-0.15, -0.1) is 0 Å². The molecule has 31 heavy (non-hydrogen) atoms. The number of imidazole rings is 1. The highest BCUT2D eigenvalue weighted by Crippen LogP contribution is 2.33. The highest BCUT2D eigenvalue weighted by atomic mass is 16.2. The number of carbonyl (C=O) groups is 1. The van der Waals surface area contributed by atoms with Crippen molar-refractivity contribution < 1.29 is 4.79 Å². The molecule has 0 radical (unpaired) electrons. The lowest BCUT2D eigenvalue weighted by molar-refractivity contribution is -0.138. The summed E-state index contributed by atoms with van der Waals surface area (Å²) in [5.41, 5.74) is 4.48. The molecule has 166 valence electrons. The molecule has 3 atom stereocenters. The van der Waals surface area contributed by atoms with E-state index in [9.17, 15) is 9.59 Å². The van der Waals surface area contributed by atoms with Crippen molar-refractivity contribution in [1.29, 1.82) is 0 Å². The van der Waals surface area contributed by atoms with E-state index in [1.54, 1.807) is 17.8 Å². The molecule has 0 saturated carbocycles. The molecular formula is C22H31N7O2. The van der Waals surface area contributed by atoms with E-state index in [4.69, 9.17) is 4.98 Å². The summed E-state index contributed by atoms with van der Waals surface area (Å²) in [6.45, 7) is 8.53. The number of hydrazone groups is 1. The molecule has 0 aliphatic carbocycles. The van der Waals surface area contributed by atoms with Crippen LogP contribution in [-0.2, 0) is 18.4 Å². The van der Waals surface area contributed by atoms with E-state index >= 15 is 0 Å². The number of amides is 1. The van der Waals surface area contributed by atoms with Gasteiger partial charge in [0.2, 0.25) is 5.91 Å². The zero-order valence-corrected chi connectivity index (χ0v) is 18.7. The van der Waals surface area contributed by atoms with Gasteiger partial charge in [0.05, 0.1) is 5.52 Å². The highest BCUT2D eigenvalue weighted by Gasteiger charge is 2.43. The van der Waals surface area contributed by atoms with Crippen molar-refractivity contribution in [3.8, 4) is 0 Å². The third-order valence-corrected chi connectivity index (χ3v) is 6.67. The molecule has 4 aliphatic rings. The Hall–Kier alpha value is -2.84. The molecule has 4 aliphatic heterocycles. The third kappa shape index (κ3) is 3.40. The fraction of sp³-hybridized carbons (Fsp3) is 0.636. The zero-order chi connectivity index (χ0) is 21.9. The summed E-state index contributed by atoms with van der Waals surface area (Å²) in [6.07, 6.45) is 4.50. The zero-order valence-electron chi connectivity index (χ0n) is 18.7. The second kappa shape index (κ2) is 7.10. The maximum atomic E-state index is 12.9. The van der Waals surface area contributed by atoms with Crippen molar-refractivity contribution in [3.63, 3.8) is 0 Å². The fourth-order valence-corrected chi connectivity index (χ4v) is 5.14. The Morgan fingerprint density at radius 1 is 1.19 bits per heavy atom. The van der Waals surface area contributed by atoms with Gasteiger partial charge in [0.15, 0.2) is 5.65 Å². The van der Waals surface area contributed by atoms with Crippen LogP contribution in [0.25, 0.3) is 11.2 Å². The number of piperazine rings is 1. The summed E-state index contributed by atoms with van der Waals surface area (Å²) in [4.78, 5) is 35.0.